The van der Waals surface area contributed by atoms with Crippen molar-refractivity contribution in [3.05, 3.63) is 30.0 Å². The first-order valence-electron chi connectivity index (χ1n) is 5.43. The molecule has 15 heavy (non-hydrogen) atoms. The Bertz CT molecular complexity index is 469. The third-order valence-electron chi connectivity index (χ3n) is 2.59. The minimum Gasteiger partial charge on any atom is -0.301 e. The predicted molar refractivity (Wildman–Crippen MR) is 61.2 cm³/mol. The smallest absolute Gasteiger partial charge is 0.155 e. The number of aromatic nitrogens is 3. The quantitative estimate of drug-likeness (QED) is 0.751. The summed E-state index contributed by atoms with van der Waals surface area (Å²) in [6, 6.07) is 0. The van der Waals surface area contributed by atoms with Crippen LogP contribution in [-0.4, -0.2) is 14.4 Å². The highest BCUT2D eigenvalue weighted by Gasteiger charge is 2.16. The first-order valence-corrected chi connectivity index (χ1v) is 5.43. The van der Waals surface area contributed by atoms with Gasteiger partial charge in [0.05, 0.1) is 11.9 Å². The molecule has 0 unspecified atom stereocenters. The Kier molecular flexibility index (Phi) is 2.47. The molecule has 0 aliphatic heterocycles. The molecule has 0 radical (unpaired) electrons. The minimum atomic E-state index is 0.460. The van der Waals surface area contributed by atoms with Crippen LogP contribution in [0.4, 0.5) is 0 Å². The van der Waals surface area contributed by atoms with Gasteiger partial charge in [-0.05, 0) is 11.8 Å². The van der Waals surface area contributed by atoms with Crippen LogP contribution in [0.15, 0.2) is 18.6 Å². The van der Waals surface area contributed by atoms with Gasteiger partial charge in [-0.3, -0.25) is 4.98 Å². The summed E-state index contributed by atoms with van der Waals surface area (Å²) in [6.45, 7) is 8.77. The molecule has 80 valence electrons. The van der Waals surface area contributed by atoms with Gasteiger partial charge in [0.25, 0.3) is 0 Å². The summed E-state index contributed by atoms with van der Waals surface area (Å²) in [5.41, 5.74) is 3.45. The van der Waals surface area contributed by atoms with E-state index in [0.29, 0.717) is 11.8 Å². The molecule has 3 heteroatoms. The molecule has 0 aliphatic carbocycles. The number of hydrogen-bond acceptors (Lipinski definition) is 2. The van der Waals surface area contributed by atoms with Crippen molar-refractivity contribution in [2.24, 2.45) is 0 Å². The molecular formula is C12H17N3. The van der Waals surface area contributed by atoms with E-state index < -0.39 is 0 Å². The van der Waals surface area contributed by atoms with E-state index in [1.807, 2.05) is 18.6 Å². The van der Waals surface area contributed by atoms with Gasteiger partial charge in [0, 0.05) is 18.1 Å². The molecule has 2 aromatic rings. The molecule has 0 N–H and O–H groups in total. The second-order valence-corrected chi connectivity index (χ2v) is 4.50. The maximum Gasteiger partial charge on any atom is 0.155 e. The van der Waals surface area contributed by atoms with Crippen molar-refractivity contribution in [3.63, 3.8) is 0 Å². The standard InChI is InChI=1S/C12H17N3/c1-8(2)11-12(9(3)4)15-6-5-13-7-10(15)14-11/h5-9H,1-4H3. The number of fused-ring (bicyclic) bond motifs is 1. The van der Waals surface area contributed by atoms with Crippen molar-refractivity contribution in [1.82, 2.24) is 14.4 Å². The number of nitrogens with zero attached hydrogens (tertiary/aromatic N) is 3. The van der Waals surface area contributed by atoms with Gasteiger partial charge in [-0.1, -0.05) is 27.7 Å². The fourth-order valence-electron chi connectivity index (χ4n) is 1.94. The zero-order valence-corrected chi connectivity index (χ0v) is 9.73. The second kappa shape index (κ2) is 3.65. The first-order chi connectivity index (χ1) is 7.11. The summed E-state index contributed by atoms with van der Waals surface area (Å²) >= 11 is 0. The molecule has 2 aromatic heterocycles. The number of imidazole rings is 1. The molecule has 3 nitrogen and oxygen atoms in total. The highest BCUT2D eigenvalue weighted by atomic mass is 15.0. The maximum atomic E-state index is 4.63. The van der Waals surface area contributed by atoms with Crippen molar-refractivity contribution in [1.29, 1.82) is 0 Å². The summed E-state index contributed by atoms with van der Waals surface area (Å²) < 4.78 is 2.15. The Labute approximate surface area is 90.2 Å². The van der Waals surface area contributed by atoms with Crippen LogP contribution in [0.3, 0.4) is 0 Å². The molecule has 0 saturated heterocycles. The normalized spacial score (nSPS) is 11.9. The molecule has 0 saturated carbocycles. The van der Waals surface area contributed by atoms with E-state index in [-0.39, 0.29) is 0 Å². The molecule has 0 bridgehead atoms. The monoisotopic (exact) mass is 203 g/mol. The fraction of sp³-hybridized carbons (Fsp3) is 0.500. The van der Waals surface area contributed by atoms with E-state index >= 15 is 0 Å². The second-order valence-electron chi connectivity index (χ2n) is 4.50. The average molecular weight is 203 g/mol. The Morgan fingerprint density at radius 2 is 1.87 bits per heavy atom. The van der Waals surface area contributed by atoms with Gasteiger partial charge in [0.2, 0.25) is 0 Å². The summed E-state index contributed by atoms with van der Waals surface area (Å²) in [4.78, 5) is 8.74. The molecule has 2 heterocycles. The topological polar surface area (TPSA) is 30.2 Å². The zero-order chi connectivity index (χ0) is 11.0. The van der Waals surface area contributed by atoms with Gasteiger partial charge >= 0.3 is 0 Å². The van der Waals surface area contributed by atoms with Crippen molar-refractivity contribution < 1.29 is 0 Å². The van der Waals surface area contributed by atoms with Crippen LogP contribution in [0.2, 0.25) is 0 Å². The van der Waals surface area contributed by atoms with Gasteiger partial charge in [0.15, 0.2) is 5.65 Å². The number of rotatable bonds is 2. The molecule has 0 aromatic carbocycles. The summed E-state index contributed by atoms with van der Waals surface area (Å²) in [5.74, 6) is 0.946. The highest BCUT2D eigenvalue weighted by Crippen LogP contribution is 2.26. The van der Waals surface area contributed by atoms with Gasteiger partial charge in [-0.25, -0.2) is 4.98 Å². The summed E-state index contributed by atoms with van der Waals surface area (Å²) in [6.07, 6.45) is 5.62. The third-order valence-corrected chi connectivity index (χ3v) is 2.59. The van der Waals surface area contributed by atoms with Crippen molar-refractivity contribution >= 4 is 5.65 Å². The van der Waals surface area contributed by atoms with Gasteiger partial charge in [0.1, 0.15) is 0 Å². The van der Waals surface area contributed by atoms with Crippen LogP contribution < -0.4 is 0 Å². The van der Waals surface area contributed by atoms with Crippen LogP contribution in [0.5, 0.6) is 0 Å². The molecule has 0 atom stereocenters. The lowest BCUT2D eigenvalue weighted by Crippen LogP contribution is -2.00. The van der Waals surface area contributed by atoms with E-state index in [1.54, 1.807) is 0 Å². The highest BCUT2D eigenvalue weighted by molar-refractivity contribution is 5.42. The van der Waals surface area contributed by atoms with Crippen LogP contribution >= 0.6 is 0 Å². The predicted octanol–water partition coefficient (Wildman–Crippen LogP) is 2.98. The fourth-order valence-corrected chi connectivity index (χ4v) is 1.94. The first kappa shape index (κ1) is 10.1. The summed E-state index contributed by atoms with van der Waals surface area (Å²) in [7, 11) is 0. The lowest BCUT2D eigenvalue weighted by molar-refractivity contribution is 0.745. The minimum absolute atomic E-state index is 0.460. The third kappa shape index (κ3) is 1.62. The Morgan fingerprint density at radius 3 is 2.47 bits per heavy atom. The number of hydrogen-bond donors (Lipinski definition) is 0. The molecule has 0 spiro atoms. The van der Waals surface area contributed by atoms with Crippen molar-refractivity contribution in [2.45, 2.75) is 39.5 Å². The average Bonchev–Trinajstić information content (AvgIpc) is 2.56. The Balaban J connectivity index is 2.75. The van der Waals surface area contributed by atoms with E-state index in [0.717, 1.165) is 5.65 Å². The lowest BCUT2D eigenvalue weighted by atomic mass is 10.0. The summed E-state index contributed by atoms with van der Waals surface area (Å²) in [5, 5.41) is 0. The van der Waals surface area contributed by atoms with Crippen LogP contribution in [0.1, 0.15) is 50.9 Å². The van der Waals surface area contributed by atoms with E-state index in [4.69, 9.17) is 0 Å². The molecule has 2 rings (SSSR count). The molecule has 0 aliphatic rings. The lowest BCUT2D eigenvalue weighted by Gasteiger charge is -2.09. The molecular weight excluding hydrogens is 186 g/mol. The Hall–Kier alpha value is -1.38. The van der Waals surface area contributed by atoms with Gasteiger partial charge in [-0.15, -0.1) is 0 Å². The van der Waals surface area contributed by atoms with E-state index in [2.05, 4.69) is 42.1 Å². The zero-order valence-electron chi connectivity index (χ0n) is 9.73. The van der Waals surface area contributed by atoms with Crippen molar-refractivity contribution in [3.8, 4) is 0 Å². The molecule has 0 amide bonds. The SMILES string of the molecule is CC(C)c1nc2cnccn2c1C(C)C. The van der Waals surface area contributed by atoms with Crippen LogP contribution in [-0.2, 0) is 0 Å². The maximum absolute atomic E-state index is 4.63. The molecule has 0 fully saturated rings. The van der Waals surface area contributed by atoms with E-state index in [9.17, 15) is 0 Å². The van der Waals surface area contributed by atoms with Crippen LogP contribution in [0, 0.1) is 0 Å². The van der Waals surface area contributed by atoms with Crippen molar-refractivity contribution in [2.75, 3.05) is 0 Å². The van der Waals surface area contributed by atoms with Crippen LogP contribution in [0.25, 0.3) is 5.65 Å². The largest absolute Gasteiger partial charge is 0.301 e. The van der Waals surface area contributed by atoms with Gasteiger partial charge < -0.3 is 4.40 Å². The Morgan fingerprint density at radius 1 is 1.13 bits per heavy atom. The van der Waals surface area contributed by atoms with Gasteiger partial charge in [-0.2, -0.15) is 0 Å². The van der Waals surface area contributed by atoms with E-state index in [1.165, 1.54) is 11.4 Å².